The molecule has 22 heavy (non-hydrogen) atoms. The summed E-state index contributed by atoms with van der Waals surface area (Å²) >= 11 is 0. The van der Waals surface area contributed by atoms with Crippen LogP contribution in [0, 0.1) is 0 Å². The monoisotopic (exact) mass is 290 g/mol. The van der Waals surface area contributed by atoms with Gasteiger partial charge in [-0.1, -0.05) is 0 Å². The number of nitrogens with zero attached hydrogens (tertiary/aromatic N) is 3. The van der Waals surface area contributed by atoms with E-state index >= 15 is 0 Å². The fourth-order valence-electron chi connectivity index (χ4n) is 2.52. The Bertz CT molecular complexity index is 921. The Morgan fingerprint density at radius 2 is 1.91 bits per heavy atom. The average molecular weight is 290 g/mol. The Labute approximate surface area is 127 Å². The Morgan fingerprint density at radius 1 is 1.05 bits per heavy atom. The van der Waals surface area contributed by atoms with Crippen LogP contribution in [0.3, 0.4) is 0 Å². The van der Waals surface area contributed by atoms with Gasteiger partial charge in [-0.05, 0) is 42.5 Å². The molecule has 0 spiro atoms. The van der Waals surface area contributed by atoms with Gasteiger partial charge in [-0.15, -0.1) is 0 Å². The Morgan fingerprint density at radius 3 is 2.73 bits per heavy atom. The highest BCUT2D eigenvalue weighted by atomic mass is 16.5. The molecule has 3 heterocycles. The lowest BCUT2D eigenvalue weighted by atomic mass is 10.1. The van der Waals surface area contributed by atoms with E-state index in [1.54, 1.807) is 13.3 Å². The summed E-state index contributed by atoms with van der Waals surface area (Å²) in [6.45, 7) is 0. The fourth-order valence-corrected chi connectivity index (χ4v) is 2.52. The molecule has 0 amide bonds. The van der Waals surface area contributed by atoms with E-state index in [2.05, 4.69) is 15.1 Å². The maximum atomic E-state index is 5.18. The molecule has 5 heteroatoms. The number of H-pyrrole nitrogens is 1. The van der Waals surface area contributed by atoms with Crippen LogP contribution in [-0.4, -0.2) is 26.9 Å². The van der Waals surface area contributed by atoms with Gasteiger partial charge in [0.15, 0.2) is 0 Å². The van der Waals surface area contributed by atoms with Crippen molar-refractivity contribution >= 4 is 11.0 Å². The predicted octanol–water partition coefficient (Wildman–Crippen LogP) is 3.42. The number of aromatic nitrogens is 4. The molecule has 0 fully saturated rings. The summed E-state index contributed by atoms with van der Waals surface area (Å²) in [5.74, 6) is 0.839. The third kappa shape index (κ3) is 2.03. The summed E-state index contributed by atoms with van der Waals surface area (Å²) in [7, 11) is 1.66. The van der Waals surface area contributed by atoms with Crippen LogP contribution in [0.15, 0.2) is 61.1 Å². The van der Waals surface area contributed by atoms with E-state index in [0.29, 0.717) is 0 Å². The molecule has 0 saturated carbocycles. The van der Waals surface area contributed by atoms with Gasteiger partial charge in [0, 0.05) is 29.5 Å². The van der Waals surface area contributed by atoms with Gasteiger partial charge < -0.3 is 9.72 Å². The molecule has 0 aliphatic rings. The molecule has 0 radical (unpaired) electrons. The molecule has 4 aromatic rings. The van der Waals surface area contributed by atoms with Crippen molar-refractivity contribution in [3.8, 4) is 22.7 Å². The fraction of sp³-hybridized carbons (Fsp3) is 0.0588. The summed E-state index contributed by atoms with van der Waals surface area (Å²) in [4.78, 5) is 7.42. The lowest BCUT2D eigenvalue weighted by Crippen LogP contribution is -1.96. The molecule has 0 bridgehead atoms. The number of benzene rings is 1. The third-order valence-corrected chi connectivity index (χ3v) is 3.66. The van der Waals surface area contributed by atoms with E-state index in [9.17, 15) is 0 Å². The quantitative estimate of drug-likeness (QED) is 0.629. The molecule has 0 unspecified atom stereocenters. The highest BCUT2D eigenvalue weighted by Gasteiger charge is 2.08. The second kappa shape index (κ2) is 5.04. The number of nitrogens with one attached hydrogen (secondary N) is 1. The van der Waals surface area contributed by atoms with Crippen LogP contribution >= 0.6 is 0 Å². The van der Waals surface area contributed by atoms with Crippen molar-refractivity contribution in [1.29, 1.82) is 0 Å². The van der Waals surface area contributed by atoms with Gasteiger partial charge in [-0.3, -0.25) is 0 Å². The van der Waals surface area contributed by atoms with Crippen LogP contribution in [0.4, 0.5) is 0 Å². The normalized spacial score (nSPS) is 11.0. The zero-order chi connectivity index (χ0) is 14.9. The molecule has 3 aromatic heterocycles. The van der Waals surface area contributed by atoms with Gasteiger partial charge in [0.1, 0.15) is 11.4 Å². The van der Waals surface area contributed by atoms with Crippen molar-refractivity contribution < 1.29 is 4.74 Å². The van der Waals surface area contributed by atoms with E-state index in [-0.39, 0.29) is 0 Å². The van der Waals surface area contributed by atoms with Crippen molar-refractivity contribution in [2.45, 2.75) is 0 Å². The predicted molar refractivity (Wildman–Crippen MR) is 85.2 cm³/mol. The molecule has 108 valence electrons. The molecule has 0 saturated heterocycles. The number of fused-ring (bicyclic) bond motifs is 1. The first-order chi connectivity index (χ1) is 10.8. The molecule has 0 aliphatic carbocycles. The second-order valence-electron chi connectivity index (χ2n) is 4.94. The van der Waals surface area contributed by atoms with Crippen molar-refractivity contribution in [3.63, 3.8) is 0 Å². The summed E-state index contributed by atoms with van der Waals surface area (Å²) in [5, 5.41) is 5.72. The highest BCUT2D eigenvalue weighted by Crippen LogP contribution is 2.23. The zero-order valence-corrected chi connectivity index (χ0v) is 12.0. The van der Waals surface area contributed by atoms with E-state index in [1.807, 2.05) is 59.5 Å². The molecule has 4 rings (SSSR count). The molecule has 5 nitrogen and oxygen atoms in total. The maximum Gasteiger partial charge on any atom is 0.139 e. The summed E-state index contributed by atoms with van der Waals surface area (Å²) in [6.07, 6.45) is 5.62. The molecule has 1 aromatic carbocycles. The third-order valence-electron chi connectivity index (χ3n) is 3.66. The molecular weight excluding hydrogens is 276 g/mol. The van der Waals surface area contributed by atoms with Crippen molar-refractivity contribution in [1.82, 2.24) is 19.7 Å². The minimum atomic E-state index is 0.839. The van der Waals surface area contributed by atoms with Gasteiger partial charge in [-0.25, -0.2) is 9.67 Å². The van der Waals surface area contributed by atoms with Crippen LogP contribution in [0.25, 0.3) is 28.0 Å². The number of hydrogen-bond donors (Lipinski definition) is 1. The standard InChI is InChI=1S/C17H14N4O/c1-22-13-4-2-12(3-5-13)15-8-11-21(20-15)16-7-10-19-17-14(16)6-9-18-17/h2-11H,1H3,(H,18,19). The first-order valence-electron chi connectivity index (χ1n) is 6.98. The van der Waals surface area contributed by atoms with E-state index in [4.69, 9.17) is 4.74 Å². The molecule has 0 aliphatic heterocycles. The van der Waals surface area contributed by atoms with Crippen molar-refractivity contribution in [2.24, 2.45) is 0 Å². The topological polar surface area (TPSA) is 55.7 Å². The van der Waals surface area contributed by atoms with Crippen LogP contribution in [-0.2, 0) is 0 Å². The first kappa shape index (κ1) is 12.6. The summed E-state index contributed by atoms with van der Waals surface area (Å²) < 4.78 is 7.06. The number of hydrogen-bond acceptors (Lipinski definition) is 3. The molecular formula is C17H14N4O. The number of methoxy groups -OCH3 is 1. The SMILES string of the molecule is COc1ccc(-c2ccn(-c3ccnc4[nH]ccc34)n2)cc1. The number of aromatic amines is 1. The summed E-state index contributed by atoms with van der Waals surface area (Å²) in [5.41, 5.74) is 3.84. The lowest BCUT2D eigenvalue weighted by Gasteiger charge is -2.03. The van der Waals surface area contributed by atoms with Crippen LogP contribution in [0.2, 0.25) is 0 Å². The first-order valence-corrected chi connectivity index (χ1v) is 6.98. The number of rotatable bonds is 3. The summed E-state index contributed by atoms with van der Waals surface area (Å²) in [6, 6.07) is 13.8. The van der Waals surface area contributed by atoms with Crippen LogP contribution in [0.5, 0.6) is 5.75 Å². The van der Waals surface area contributed by atoms with E-state index in [0.717, 1.165) is 33.7 Å². The second-order valence-corrected chi connectivity index (χ2v) is 4.94. The minimum Gasteiger partial charge on any atom is -0.497 e. The zero-order valence-electron chi connectivity index (χ0n) is 12.0. The van der Waals surface area contributed by atoms with E-state index < -0.39 is 0 Å². The lowest BCUT2D eigenvalue weighted by molar-refractivity contribution is 0.415. The maximum absolute atomic E-state index is 5.18. The molecule has 1 N–H and O–H groups in total. The molecule has 0 atom stereocenters. The van der Waals surface area contributed by atoms with Gasteiger partial charge >= 0.3 is 0 Å². The van der Waals surface area contributed by atoms with Crippen molar-refractivity contribution in [2.75, 3.05) is 7.11 Å². The number of pyridine rings is 1. The smallest absolute Gasteiger partial charge is 0.139 e. The van der Waals surface area contributed by atoms with Crippen molar-refractivity contribution in [3.05, 3.63) is 61.1 Å². The Balaban J connectivity index is 1.76. The average Bonchev–Trinajstić information content (AvgIpc) is 3.24. The van der Waals surface area contributed by atoms with Gasteiger partial charge in [0.05, 0.1) is 18.5 Å². The minimum absolute atomic E-state index is 0.839. The van der Waals surface area contributed by atoms with Crippen LogP contribution in [0.1, 0.15) is 0 Å². The number of ether oxygens (including phenoxy) is 1. The Kier molecular flexibility index (Phi) is 2.89. The Hall–Kier alpha value is -3.08. The van der Waals surface area contributed by atoms with Gasteiger partial charge in [-0.2, -0.15) is 5.10 Å². The largest absolute Gasteiger partial charge is 0.497 e. The highest BCUT2D eigenvalue weighted by molar-refractivity contribution is 5.84. The van der Waals surface area contributed by atoms with Gasteiger partial charge in [0.2, 0.25) is 0 Å². The van der Waals surface area contributed by atoms with Gasteiger partial charge in [0.25, 0.3) is 0 Å². The van der Waals surface area contributed by atoms with Crippen LogP contribution < -0.4 is 4.74 Å². The van der Waals surface area contributed by atoms with E-state index in [1.165, 1.54) is 0 Å².